The molecule has 0 spiro atoms. The fourth-order valence-electron chi connectivity index (χ4n) is 1.42. The van der Waals surface area contributed by atoms with Crippen LogP contribution in [0.2, 0.25) is 0 Å². The molecule has 1 unspecified atom stereocenters. The maximum absolute atomic E-state index is 5.79. The molecule has 0 aromatic carbocycles. The molecule has 1 aliphatic carbocycles. The molecule has 0 aliphatic heterocycles. The van der Waals surface area contributed by atoms with Crippen LogP contribution in [-0.2, 0) is 0 Å². The van der Waals surface area contributed by atoms with Gasteiger partial charge in [0.25, 0.3) is 0 Å². The van der Waals surface area contributed by atoms with Gasteiger partial charge in [-0.05, 0) is 43.9 Å². The number of aryl methyl sites for hydroxylation is 1. The van der Waals surface area contributed by atoms with E-state index in [0.717, 1.165) is 11.4 Å². The molecular weight excluding hydrogens is 174 g/mol. The summed E-state index contributed by atoms with van der Waals surface area (Å²) in [5.41, 5.74) is 8.07. The Morgan fingerprint density at radius 1 is 1.57 bits per heavy atom. The van der Waals surface area contributed by atoms with Crippen LogP contribution in [0.4, 0.5) is 5.82 Å². The molecule has 1 fully saturated rings. The van der Waals surface area contributed by atoms with Gasteiger partial charge in [0.1, 0.15) is 5.82 Å². The fourth-order valence-corrected chi connectivity index (χ4v) is 1.42. The van der Waals surface area contributed by atoms with Crippen LogP contribution in [0.15, 0.2) is 12.3 Å². The van der Waals surface area contributed by atoms with Gasteiger partial charge in [0.05, 0.1) is 0 Å². The van der Waals surface area contributed by atoms with Gasteiger partial charge in [0.15, 0.2) is 0 Å². The Kier molecular flexibility index (Phi) is 2.42. The van der Waals surface area contributed by atoms with Crippen molar-refractivity contribution in [2.45, 2.75) is 38.8 Å². The number of rotatable bonds is 3. The van der Waals surface area contributed by atoms with Gasteiger partial charge in [-0.3, -0.25) is 0 Å². The van der Waals surface area contributed by atoms with Gasteiger partial charge in [-0.1, -0.05) is 0 Å². The molecule has 3 heteroatoms. The van der Waals surface area contributed by atoms with Crippen LogP contribution in [0.5, 0.6) is 0 Å². The van der Waals surface area contributed by atoms with Gasteiger partial charge in [-0.15, -0.1) is 0 Å². The van der Waals surface area contributed by atoms with Gasteiger partial charge < -0.3 is 11.1 Å². The topological polar surface area (TPSA) is 50.9 Å². The lowest BCUT2D eigenvalue weighted by molar-refractivity contribution is 0.809. The smallest absolute Gasteiger partial charge is 0.129 e. The quantitative estimate of drug-likeness (QED) is 0.768. The Bertz CT molecular complexity index is 329. The van der Waals surface area contributed by atoms with E-state index in [-0.39, 0.29) is 6.04 Å². The standard InChI is InChI=1S/C11H17N3/c1-7-5-9(8(2)12)6-13-11(7)14-10-3-4-10/h5-6,8,10H,3-4,12H2,1-2H3,(H,13,14). The minimum atomic E-state index is 0.0659. The first kappa shape index (κ1) is 9.46. The van der Waals surface area contributed by atoms with Crippen LogP contribution in [0.25, 0.3) is 0 Å². The van der Waals surface area contributed by atoms with Crippen molar-refractivity contribution >= 4 is 5.82 Å². The van der Waals surface area contributed by atoms with Crippen molar-refractivity contribution in [1.29, 1.82) is 0 Å². The maximum Gasteiger partial charge on any atom is 0.129 e. The van der Waals surface area contributed by atoms with Crippen molar-refractivity contribution in [3.63, 3.8) is 0 Å². The minimum Gasteiger partial charge on any atom is -0.367 e. The Morgan fingerprint density at radius 3 is 2.79 bits per heavy atom. The van der Waals surface area contributed by atoms with Gasteiger partial charge in [-0.25, -0.2) is 4.98 Å². The van der Waals surface area contributed by atoms with E-state index >= 15 is 0 Å². The van der Waals surface area contributed by atoms with Gasteiger partial charge in [-0.2, -0.15) is 0 Å². The average molecular weight is 191 g/mol. The first-order valence-corrected chi connectivity index (χ1v) is 5.15. The van der Waals surface area contributed by atoms with Crippen molar-refractivity contribution in [2.75, 3.05) is 5.32 Å². The Hall–Kier alpha value is -1.09. The second-order valence-corrected chi connectivity index (χ2v) is 4.14. The molecule has 0 radical (unpaired) electrons. The molecule has 0 amide bonds. The first-order chi connectivity index (χ1) is 6.66. The number of nitrogens with two attached hydrogens (primary N) is 1. The second-order valence-electron chi connectivity index (χ2n) is 4.14. The number of aromatic nitrogens is 1. The third kappa shape index (κ3) is 2.04. The number of anilines is 1. The summed E-state index contributed by atoms with van der Waals surface area (Å²) in [7, 11) is 0. The van der Waals surface area contributed by atoms with Crippen molar-refractivity contribution in [3.05, 3.63) is 23.4 Å². The Morgan fingerprint density at radius 2 is 2.29 bits per heavy atom. The highest BCUT2D eigenvalue weighted by Crippen LogP contribution is 2.25. The highest BCUT2D eigenvalue weighted by molar-refractivity contribution is 5.46. The SMILES string of the molecule is Cc1cc(C(C)N)cnc1NC1CC1. The summed E-state index contributed by atoms with van der Waals surface area (Å²) in [6, 6.07) is 2.83. The molecule has 1 atom stereocenters. The Labute approximate surface area is 84.7 Å². The summed E-state index contributed by atoms with van der Waals surface area (Å²) >= 11 is 0. The molecule has 1 heterocycles. The first-order valence-electron chi connectivity index (χ1n) is 5.15. The van der Waals surface area contributed by atoms with E-state index in [1.165, 1.54) is 18.4 Å². The van der Waals surface area contributed by atoms with Crippen LogP contribution < -0.4 is 11.1 Å². The molecule has 3 nitrogen and oxygen atoms in total. The van der Waals surface area contributed by atoms with Crippen LogP contribution in [0, 0.1) is 6.92 Å². The third-order valence-electron chi connectivity index (χ3n) is 2.54. The maximum atomic E-state index is 5.79. The molecule has 1 aromatic rings. The molecule has 3 N–H and O–H groups in total. The molecule has 14 heavy (non-hydrogen) atoms. The zero-order valence-electron chi connectivity index (χ0n) is 8.75. The molecular formula is C11H17N3. The van der Waals surface area contributed by atoms with Gasteiger partial charge in [0.2, 0.25) is 0 Å². The summed E-state index contributed by atoms with van der Waals surface area (Å²) in [6.45, 7) is 4.05. The van der Waals surface area contributed by atoms with Crippen molar-refractivity contribution in [2.24, 2.45) is 5.73 Å². The number of nitrogens with one attached hydrogen (secondary N) is 1. The zero-order valence-corrected chi connectivity index (χ0v) is 8.75. The Balaban J connectivity index is 2.17. The van der Waals surface area contributed by atoms with E-state index in [9.17, 15) is 0 Å². The van der Waals surface area contributed by atoms with E-state index in [2.05, 4.69) is 23.3 Å². The lowest BCUT2D eigenvalue weighted by atomic mass is 10.1. The summed E-state index contributed by atoms with van der Waals surface area (Å²) in [4.78, 5) is 4.39. The predicted molar refractivity (Wildman–Crippen MR) is 58.2 cm³/mol. The average Bonchev–Trinajstić information content (AvgIpc) is 2.92. The minimum absolute atomic E-state index is 0.0659. The predicted octanol–water partition coefficient (Wildman–Crippen LogP) is 1.98. The molecule has 0 saturated heterocycles. The fraction of sp³-hybridized carbons (Fsp3) is 0.545. The molecule has 1 aromatic heterocycles. The van der Waals surface area contributed by atoms with Crippen LogP contribution in [0.3, 0.4) is 0 Å². The number of hydrogen-bond acceptors (Lipinski definition) is 3. The van der Waals surface area contributed by atoms with E-state index in [1.807, 2.05) is 13.1 Å². The van der Waals surface area contributed by atoms with E-state index in [0.29, 0.717) is 6.04 Å². The summed E-state index contributed by atoms with van der Waals surface area (Å²) in [6.07, 6.45) is 4.41. The van der Waals surface area contributed by atoms with Crippen molar-refractivity contribution < 1.29 is 0 Å². The summed E-state index contributed by atoms with van der Waals surface area (Å²) in [5, 5.41) is 3.40. The number of pyridine rings is 1. The number of nitrogens with zero attached hydrogens (tertiary/aromatic N) is 1. The van der Waals surface area contributed by atoms with Crippen LogP contribution in [-0.4, -0.2) is 11.0 Å². The summed E-state index contributed by atoms with van der Waals surface area (Å²) < 4.78 is 0. The molecule has 0 bridgehead atoms. The number of hydrogen-bond donors (Lipinski definition) is 2. The molecule has 76 valence electrons. The lowest BCUT2D eigenvalue weighted by Gasteiger charge is -2.10. The molecule has 2 rings (SSSR count). The normalized spacial score (nSPS) is 17.9. The van der Waals surface area contributed by atoms with Crippen molar-refractivity contribution in [1.82, 2.24) is 4.98 Å². The highest BCUT2D eigenvalue weighted by atomic mass is 15.0. The third-order valence-corrected chi connectivity index (χ3v) is 2.54. The highest BCUT2D eigenvalue weighted by Gasteiger charge is 2.21. The lowest BCUT2D eigenvalue weighted by Crippen LogP contribution is -2.09. The van der Waals surface area contributed by atoms with Gasteiger partial charge >= 0.3 is 0 Å². The van der Waals surface area contributed by atoms with E-state index < -0.39 is 0 Å². The molecule has 1 aliphatic rings. The molecule has 1 saturated carbocycles. The van der Waals surface area contributed by atoms with Crippen LogP contribution in [0.1, 0.15) is 36.9 Å². The second kappa shape index (κ2) is 3.58. The van der Waals surface area contributed by atoms with E-state index in [1.54, 1.807) is 0 Å². The summed E-state index contributed by atoms with van der Waals surface area (Å²) in [5.74, 6) is 1.01. The van der Waals surface area contributed by atoms with Crippen molar-refractivity contribution in [3.8, 4) is 0 Å². The zero-order chi connectivity index (χ0) is 10.1. The monoisotopic (exact) mass is 191 g/mol. The van der Waals surface area contributed by atoms with E-state index in [4.69, 9.17) is 5.73 Å². The van der Waals surface area contributed by atoms with Crippen LogP contribution >= 0.6 is 0 Å². The van der Waals surface area contributed by atoms with Gasteiger partial charge in [0, 0.05) is 18.3 Å². The largest absolute Gasteiger partial charge is 0.367 e.